The molecule has 0 spiro atoms. The summed E-state index contributed by atoms with van der Waals surface area (Å²) in [6.07, 6.45) is 7.83. The van der Waals surface area contributed by atoms with Crippen LogP contribution in [-0.4, -0.2) is 42.0 Å². The monoisotopic (exact) mass is 222 g/mol. The van der Waals surface area contributed by atoms with Gasteiger partial charge in [-0.15, -0.1) is 13.2 Å². The number of hydrogen-bond acceptors (Lipinski definition) is 1. The number of carbonyl (C=O) groups excluding carboxylic acids is 1. The van der Waals surface area contributed by atoms with Crippen LogP contribution in [0.15, 0.2) is 25.3 Å². The Bertz CT molecular complexity index is 226. The first-order valence-corrected chi connectivity index (χ1v) is 6.05. The first-order chi connectivity index (χ1) is 7.79. The number of amides is 2. The standard InChI is InChI=1S/C13H22N2O/c1-3-5-7-9-14-11-12-15(13(14)16)10-8-6-4-2/h3-4H,1-2,5-12H2. The van der Waals surface area contributed by atoms with E-state index in [1.807, 2.05) is 22.0 Å². The van der Waals surface area contributed by atoms with Crippen LogP contribution in [0.25, 0.3) is 0 Å². The van der Waals surface area contributed by atoms with Crippen molar-refractivity contribution in [1.82, 2.24) is 9.80 Å². The summed E-state index contributed by atoms with van der Waals surface area (Å²) in [5.41, 5.74) is 0. The van der Waals surface area contributed by atoms with Crippen molar-refractivity contribution < 1.29 is 4.79 Å². The minimum atomic E-state index is 0.202. The van der Waals surface area contributed by atoms with Gasteiger partial charge in [-0.25, -0.2) is 4.79 Å². The number of rotatable bonds is 8. The fourth-order valence-electron chi connectivity index (χ4n) is 1.90. The molecule has 0 unspecified atom stereocenters. The predicted octanol–water partition coefficient (Wildman–Crippen LogP) is 2.66. The van der Waals surface area contributed by atoms with Gasteiger partial charge in [-0.05, 0) is 25.7 Å². The van der Waals surface area contributed by atoms with Gasteiger partial charge in [0.25, 0.3) is 0 Å². The van der Waals surface area contributed by atoms with Gasteiger partial charge in [-0.2, -0.15) is 0 Å². The molecule has 0 N–H and O–H groups in total. The molecule has 0 atom stereocenters. The molecule has 0 radical (unpaired) electrons. The van der Waals surface area contributed by atoms with Crippen LogP contribution < -0.4 is 0 Å². The highest BCUT2D eigenvalue weighted by Gasteiger charge is 2.26. The number of unbranched alkanes of at least 4 members (excludes halogenated alkanes) is 2. The molecular formula is C13H22N2O. The van der Waals surface area contributed by atoms with Crippen LogP contribution in [-0.2, 0) is 0 Å². The smallest absolute Gasteiger partial charge is 0.320 e. The van der Waals surface area contributed by atoms with Crippen molar-refractivity contribution in [3.63, 3.8) is 0 Å². The first kappa shape index (κ1) is 12.8. The zero-order valence-electron chi connectivity index (χ0n) is 10.0. The number of hydrogen-bond donors (Lipinski definition) is 0. The van der Waals surface area contributed by atoms with Gasteiger partial charge in [0.1, 0.15) is 0 Å². The summed E-state index contributed by atoms with van der Waals surface area (Å²) < 4.78 is 0. The number of nitrogens with zero attached hydrogens (tertiary/aromatic N) is 2. The second-order valence-corrected chi connectivity index (χ2v) is 4.12. The maximum atomic E-state index is 11.9. The highest BCUT2D eigenvalue weighted by atomic mass is 16.2. The summed E-state index contributed by atoms with van der Waals surface area (Å²) in [6.45, 7) is 10.9. The molecule has 3 nitrogen and oxygen atoms in total. The molecule has 2 amide bonds. The van der Waals surface area contributed by atoms with Crippen molar-refractivity contribution in [3.8, 4) is 0 Å². The van der Waals surface area contributed by atoms with E-state index in [1.54, 1.807) is 0 Å². The minimum Gasteiger partial charge on any atom is -0.323 e. The maximum Gasteiger partial charge on any atom is 0.320 e. The first-order valence-electron chi connectivity index (χ1n) is 6.05. The second-order valence-electron chi connectivity index (χ2n) is 4.12. The fraction of sp³-hybridized carbons (Fsp3) is 0.615. The third kappa shape index (κ3) is 3.72. The average Bonchev–Trinajstić information content (AvgIpc) is 2.62. The lowest BCUT2D eigenvalue weighted by molar-refractivity contribution is 0.191. The molecule has 0 aromatic heterocycles. The van der Waals surface area contributed by atoms with E-state index in [0.29, 0.717) is 0 Å². The van der Waals surface area contributed by atoms with Crippen molar-refractivity contribution >= 4 is 6.03 Å². The van der Waals surface area contributed by atoms with Gasteiger partial charge in [-0.3, -0.25) is 0 Å². The largest absolute Gasteiger partial charge is 0.323 e. The van der Waals surface area contributed by atoms with Crippen molar-refractivity contribution in [3.05, 3.63) is 25.3 Å². The van der Waals surface area contributed by atoms with Crippen LogP contribution in [0.2, 0.25) is 0 Å². The Morgan fingerprint density at radius 2 is 1.44 bits per heavy atom. The van der Waals surface area contributed by atoms with Gasteiger partial charge in [0, 0.05) is 26.2 Å². The van der Waals surface area contributed by atoms with E-state index < -0.39 is 0 Å². The molecule has 16 heavy (non-hydrogen) atoms. The molecule has 0 saturated carbocycles. The van der Waals surface area contributed by atoms with E-state index in [4.69, 9.17) is 0 Å². The highest BCUT2D eigenvalue weighted by Crippen LogP contribution is 2.11. The fourth-order valence-corrected chi connectivity index (χ4v) is 1.90. The van der Waals surface area contributed by atoms with Gasteiger partial charge >= 0.3 is 6.03 Å². The Labute approximate surface area is 98.4 Å². The molecule has 0 bridgehead atoms. The SMILES string of the molecule is C=CCCCN1CCN(CCCC=C)C1=O. The van der Waals surface area contributed by atoms with Crippen LogP contribution >= 0.6 is 0 Å². The Kier molecular flexibility index (Phi) is 5.68. The van der Waals surface area contributed by atoms with E-state index >= 15 is 0 Å². The summed E-state index contributed by atoms with van der Waals surface area (Å²) >= 11 is 0. The van der Waals surface area contributed by atoms with Crippen LogP contribution in [0.5, 0.6) is 0 Å². The van der Waals surface area contributed by atoms with Crippen molar-refractivity contribution in [2.75, 3.05) is 26.2 Å². The molecule has 1 heterocycles. The minimum absolute atomic E-state index is 0.202. The van der Waals surface area contributed by atoms with E-state index in [0.717, 1.165) is 51.9 Å². The van der Waals surface area contributed by atoms with Gasteiger partial charge in [0.2, 0.25) is 0 Å². The molecule has 1 aliphatic heterocycles. The van der Waals surface area contributed by atoms with Crippen LogP contribution in [0, 0.1) is 0 Å². The molecule has 1 saturated heterocycles. The average molecular weight is 222 g/mol. The van der Waals surface area contributed by atoms with E-state index in [9.17, 15) is 4.79 Å². The zero-order valence-corrected chi connectivity index (χ0v) is 10.0. The molecule has 1 fully saturated rings. The molecule has 1 aliphatic rings. The molecule has 0 aromatic carbocycles. The maximum absolute atomic E-state index is 11.9. The van der Waals surface area contributed by atoms with Crippen molar-refractivity contribution in [2.45, 2.75) is 25.7 Å². The van der Waals surface area contributed by atoms with Crippen LogP contribution in [0.4, 0.5) is 4.79 Å². The molecule has 3 heteroatoms. The third-order valence-corrected chi connectivity index (χ3v) is 2.85. The highest BCUT2D eigenvalue weighted by molar-refractivity contribution is 5.76. The van der Waals surface area contributed by atoms with Crippen LogP contribution in [0.1, 0.15) is 25.7 Å². The third-order valence-electron chi connectivity index (χ3n) is 2.85. The van der Waals surface area contributed by atoms with E-state index in [1.165, 1.54) is 0 Å². The second kappa shape index (κ2) is 7.09. The lowest BCUT2D eigenvalue weighted by Crippen LogP contribution is -2.33. The summed E-state index contributed by atoms with van der Waals surface area (Å²) in [4.78, 5) is 15.8. The summed E-state index contributed by atoms with van der Waals surface area (Å²) in [6, 6.07) is 0.202. The zero-order chi connectivity index (χ0) is 11.8. The summed E-state index contributed by atoms with van der Waals surface area (Å²) in [5, 5.41) is 0. The molecule has 90 valence electrons. The van der Waals surface area contributed by atoms with Crippen molar-refractivity contribution in [2.24, 2.45) is 0 Å². The lowest BCUT2D eigenvalue weighted by Gasteiger charge is -2.18. The molecule has 0 aromatic rings. The predicted molar refractivity (Wildman–Crippen MR) is 67.4 cm³/mol. The summed E-state index contributed by atoms with van der Waals surface area (Å²) in [5.74, 6) is 0. The normalized spacial score (nSPS) is 15.6. The molecule has 1 rings (SSSR count). The topological polar surface area (TPSA) is 23.6 Å². The number of allylic oxidation sites excluding steroid dienone is 2. The Morgan fingerprint density at radius 3 is 1.81 bits per heavy atom. The van der Waals surface area contributed by atoms with Gasteiger partial charge in [-0.1, -0.05) is 12.2 Å². The van der Waals surface area contributed by atoms with Gasteiger partial charge in [0.15, 0.2) is 0 Å². The summed E-state index contributed by atoms with van der Waals surface area (Å²) in [7, 11) is 0. The van der Waals surface area contributed by atoms with Gasteiger partial charge < -0.3 is 9.80 Å². The van der Waals surface area contributed by atoms with Crippen LogP contribution in [0.3, 0.4) is 0 Å². The van der Waals surface area contributed by atoms with E-state index in [-0.39, 0.29) is 6.03 Å². The molecule has 0 aliphatic carbocycles. The van der Waals surface area contributed by atoms with Gasteiger partial charge in [0.05, 0.1) is 0 Å². The number of urea groups is 1. The quantitative estimate of drug-likeness (QED) is 0.457. The molecular weight excluding hydrogens is 200 g/mol. The van der Waals surface area contributed by atoms with Crippen molar-refractivity contribution in [1.29, 1.82) is 0 Å². The lowest BCUT2D eigenvalue weighted by atomic mass is 10.3. The Balaban J connectivity index is 2.24. The number of carbonyl (C=O) groups is 1. The van der Waals surface area contributed by atoms with E-state index in [2.05, 4.69) is 13.2 Å². The Hall–Kier alpha value is -1.25. The Morgan fingerprint density at radius 1 is 1.00 bits per heavy atom.